The third-order valence-electron chi connectivity index (χ3n) is 5.66. The summed E-state index contributed by atoms with van der Waals surface area (Å²) in [7, 11) is 0. The number of carbonyl (C=O) groups excluding carboxylic acids is 1. The Bertz CT molecular complexity index is 1590. The van der Waals surface area contributed by atoms with E-state index in [1.165, 1.54) is 27.4 Å². The molecule has 0 fully saturated rings. The number of nitrogens with zero attached hydrogens (tertiary/aromatic N) is 4. The fraction of sp³-hybridized carbons (Fsp3) is 0.120. The van der Waals surface area contributed by atoms with Gasteiger partial charge in [0.25, 0.3) is 11.5 Å². The fourth-order valence-corrected chi connectivity index (χ4v) is 3.89. The van der Waals surface area contributed by atoms with Crippen molar-refractivity contribution in [1.29, 1.82) is 0 Å². The Hall–Kier alpha value is -4.47. The Labute approximate surface area is 196 Å². The van der Waals surface area contributed by atoms with Gasteiger partial charge >= 0.3 is 6.18 Å². The molecule has 7 nitrogen and oxygen atoms in total. The quantitative estimate of drug-likeness (QED) is 0.414. The number of alkyl halides is 3. The van der Waals surface area contributed by atoms with Gasteiger partial charge in [-0.05, 0) is 53.6 Å². The third kappa shape index (κ3) is 4.37. The molecule has 0 aliphatic heterocycles. The van der Waals surface area contributed by atoms with E-state index >= 15 is 0 Å². The van der Waals surface area contributed by atoms with Crippen LogP contribution < -0.4 is 10.9 Å². The van der Waals surface area contributed by atoms with Crippen LogP contribution in [-0.4, -0.2) is 25.1 Å². The van der Waals surface area contributed by atoms with Crippen molar-refractivity contribution in [2.24, 2.45) is 0 Å². The highest BCUT2D eigenvalue weighted by Crippen LogP contribution is 2.29. The molecule has 35 heavy (non-hydrogen) atoms. The maximum atomic E-state index is 13.2. The van der Waals surface area contributed by atoms with Crippen LogP contribution in [0.3, 0.4) is 0 Å². The minimum atomic E-state index is -4.45. The summed E-state index contributed by atoms with van der Waals surface area (Å²) < 4.78 is 41.8. The van der Waals surface area contributed by atoms with E-state index in [9.17, 15) is 22.8 Å². The minimum Gasteiger partial charge on any atom is -0.348 e. The molecular weight excluding hydrogens is 459 g/mol. The van der Waals surface area contributed by atoms with Crippen LogP contribution in [0, 0.1) is 0 Å². The van der Waals surface area contributed by atoms with E-state index in [1.54, 1.807) is 42.7 Å². The summed E-state index contributed by atoms with van der Waals surface area (Å²) in [5.74, 6) is -0.343. The molecule has 2 aromatic carbocycles. The van der Waals surface area contributed by atoms with E-state index < -0.39 is 11.7 Å². The van der Waals surface area contributed by atoms with Crippen LogP contribution >= 0.6 is 0 Å². The summed E-state index contributed by atoms with van der Waals surface area (Å²) in [5.41, 5.74) is 1.86. The van der Waals surface area contributed by atoms with Crippen molar-refractivity contribution in [3.63, 3.8) is 0 Å². The van der Waals surface area contributed by atoms with Gasteiger partial charge in [-0.25, -0.2) is 4.52 Å². The van der Waals surface area contributed by atoms with Gasteiger partial charge in [0.15, 0.2) is 0 Å². The first kappa shape index (κ1) is 22.3. The average molecular weight is 477 g/mol. The number of pyridine rings is 1. The Kier molecular flexibility index (Phi) is 5.56. The second kappa shape index (κ2) is 8.71. The Morgan fingerprint density at radius 2 is 1.71 bits per heavy atom. The largest absolute Gasteiger partial charge is 0.416 e. The number of hydrogen-bond donors (Lipinski definition) is 1. The predicted octanol–water partition coefficient (Wildman–Crippen LogP) is 4.04. The van der Waals surface area contributed by atoms with Gasteiger partial charge in [0.2, 0.25) is 0 Å². The lowest BCUT2D eigenvalue weighted by atomic mass is 10.1. The van der Waals surface area contributed by atoms with E-state index in [0.717, 1.165) is 17.7 Å². The normalized spacial score (nSPS) is 11.7. The van der Waals surface area contributed by atoms with Crippen LogP contribution in [0.2, 0.25) is 0 Å². The third-order valence-corrected chi connectivity index (χ3v) is 5.66. The smallest absolute Gasteiger partial charge is 0.348 e. The van der Waals surface area contributed by atoms with Crippen LogP contribution in [0.5, 0.6) is 0 Å². The van der Waals surface area contributed by atoms with Gasteiger partial charge in [-0.1, -0.05) is 18.2 Å². The molecule has 0 saturated heterocycles. The minimum absolute atomic E-state index is 0.0237. The molecule has 0 unspecified atom stereocenters. The molecule has 0 aliphatic carbocycles. The molecular formula is C25H18F3N5O2. The first-order valence-electron chi connectivity index (χ1n) is 10.6. The molecule has 10 heteroatoms. The lowest BCUT2D eigenvalue weighted by Crippen LogP contribution is -2.25. The van der Waals surface area contributed by atoms with Gasteiger partial charge in [-0.15, -0.1) is 0 Å². The van der Waals surface area contributed by atoms with Gasteiger partial charge in [0.1, 0.15) is 5.52 Å². The SMILES string of the molecule is O=C(NCc1cccnc1)c1ccc2c(c1)n(Cc1ccc(C(F)(F)F)cc1)c(=O)c1ccnn12. The van der Waals surface area contributed by atoms with Gasteiger partial charge < -0.3 is 9.88 Å². The number of hydrogen-bond acceptors (Lipinski definition) is 4. The average Bonchev–Trinajstić information content (AvgIpc) is 3.36. The zero-order chi connectivity index (χ0) is 24.6. The van der Waals surface area contributed by atoms with Gasteiger partial charge in [0, 0.05) is 24.5 Å². The van der Waals surface area contributed by atoms with Crippen LogP contribution in [-0.2, 0) is 19.3 Å². The van der Waals surface area contributed by atoms with Crippen LogP contribution in [0.4, 0.5) is 13.2 Å². The summed E-state index contributed by atoms with van der Waals surface area (Å²) in [5, 5.41) is 7.04. The molecule has 0 spiro atoms. The van der Waals surface area contributed by atoms with Crippen molar-refractivity contribution in [3.8, 4) is 0 Å². The topological polar surface area (TPSA) is 81.3 Å². The maximum Gasteiger partial charge on any atom is 0.416 e. The highest BCUT2D eigenvalue weighted by molar-refractivity contribution is 5.97. The first-order valence-corrected chi connectivity index (χ1v) is 10.6. The summed E-state index contributed by atoms with van der Waals surface area (Å²) in [6.45, 7) is 0.303. The second-order valence-corrected chi connectivity index (χ2v) is 7.96. The number of rotatable bonds is 5. The first-order chi connectivity index (χ1) is 16.8. The number of aromatic nitrogens is 4. The zero-order valence-electron chi connectivity index (χ0n) is 18.2. The van der Waals surface area contributed by atoms with E-state index in [-0.39, 0.29) is 24.6 Å². The van der Waals surface area contributed by atoms with E-state index in [2.05, 4.69) is 15.4 Å². The number of benzene rings is 2. The van der Waals surface area contributed by atoms with Gasteiger partial charge in [0.05, 0.1) is 29.3 Å². The highest BCUT2D eigenvalue weighted by atomic mass is 19.4. The zero-order valence-corrected chi connectivity index (χ0v) is 18.2. The van der Waals surface area contributed by atoms with Crippen molar-refractivity contribution < 1.29 is 18.0 Å². The van der Waals surface area contributed by atoms with Crippen LogP contribution in [0.1, 0.15) is 27.0 Å². The number of nitrogens with one attached hydrogen (secondary N) is 1. The Morgan fingerprint density at radius 3 is 2.43 bits per heavy atom. The number of halogens is 3. The van der Waals surface area contributed by atoms with Crippen LogP contribution in [0.25, 0.3) is 16.6 Å². The summed E-state index contributed by atoms with van der Waals surface area (Å²) in [4.78, 5) is 30.1. The summed E-state index contributed by atoms with van der Waals surface area (Å²) >= 11 is 0. The molecule has 1 amide bonds. The highest BCUT2D eigenvalue weighted by Gasteiger charge is 2.30. The fourth-order valence-electron chi connectivity index (χ4n) is 3.89. The van der Waals surface area contributed by atoms with E-state index in [0.29, 0.717) is 27.7 Å². The van der Waals surface area contributed by atoms with Crippen molar-refractivity contribution in [2.75, 3.05) is 0 Å². The second-order valence-electron chi connectivity index (χ2n) is 7.96. The molecule has 3 aromatic heterocycles. The molecule has 5 rings (SSSR count). The Balaban J connectivity index is 1.54. The molecule has 3 heterocycles. The van der Waals surface area contributed by atoms with E-state index in [4.69, 9.17) is 0 Å². The predicted molar refractivity (Wildman–Crippen MR) is 123 cm³/mol. The number of amides is 1. The molecule has 0 saturated carbocycles. The van der Waals surface area contributed by atoms with Crippen molar-refractivity contribution in [2.45, 2.75) is 19.3 Å². The number of carbonyl (C=O) groups is 1. The molecule has 0 bridgehead atoms. The lowest BCUT2D eigenvalue weighted by molar-refractivity contribution is -0.137. The Morgan fingerprint density at radius 1 is 0.914 bits per heavy atom. The molecule has 176 valence electrons. The standard InChI is InChI=1S/C25H18F3N5O2/c26-25(27,28)19-6-3-16(4-7-19)15-32-22-12-18(23(34)30-14-17-2-1-10-29-13-17)5-8-20(22)33-21(24(32)35)9-11-31-33/h1-13H,14-15H2,(H,30,34). The van der Waals surface area contributed by atoms with Crippen LogP contribution in [0.15, 0.2) is 84.0 Å². The monoisotopic (exact) mass is 477 g/mol. The molecule has 0 radical (unpaired) electrons. The van der Waals surface area contributed by atoms with Gasteiger partial charge in [-0.2, -0.15) is 18.3 Å². The van der Waals surface area contributed by atoms with Gasteiger partial charge in [-0.3, -0.25) is 14.6 Å². The lowest BCUT2D eigenvalue weighted by Gasteiger charge is -2.14. The number of fused-ring (bicyclic) bond motifs is 3. The van der Waals surface area contributed by atoms with Crippen molar-refractivity contribution in [3.05, 3.63) is 112 Å². The molecule has 5 aromatic rings. The molecule has 1 N–H and O–H groups in total. The van der Waals surface area contributed by atoms with E-state index in [1.807, 2.05) is 6.07 Å². The molecule has 0 aliphatic rings. The summed E-state index contributed by atoms with van der Waals surface area (Å²) in [6, 6.07) is 14.7. The summed E-state index contributed by atoms with van der Waals surface area (Å²) in [6.07, 6.45) is 0.335. The maximum absolute atomic E-state index is 13.2. The van der Waals surface area contributed by atoms with Crippen molar-refractivity contribution in [1.82, 2.24) is 24.5 Å². The molecule has 0 atom stereocenters. The van der Waals surface area contributed by atoms with Crippen molar-refractivity contribution >= 4 is 22.5 Å².